The molecule has 1 unspecified atom stereocenters. The zero-order valence-electron chi connectivity index (χ0n) is 16.2. The van der Waals surface area contributed by atoms with Crippen molar-refractivity contribution in [3.8, 4) is 17.1 Å². The highest BCUT2D eigenvalue weighted by Crippen LogP contribution is 2.34. The molecule has 1 aliphatic heterocycles. The Morgan fingerprint density at radius 1 is 1.18 bits per heavy atom. The maximum atomic E-state index is 13.0. The first-order chi connectivity index (χ1) is 13.6. The van der Waals surface area contributed by atoms with E-state index in [0.29, 0.717) is 18.0 Å². The van der Waals surface area contributed by atoms with E-state index in [-0.39, 0.29) is 17.9 Å². The Morgan fingerprint density at radius 2 is 1.96 bits per heavy atom. The Labute approximate surface area is 163 Å². The van der Waals surface area contributed by atoms with E-state index < -0.39 is 0 Å². The third kappa shape index (κ3) is 3.40. The molecule has 0 bridgehead atoms. The molecule has 1 atom stereocenters. The van der Waals surface area contributed by atoms with E-state index in [0.717, 1.165) is 35.6 Å². The van der Waals surface area contributed by atoms with E-state index in [4.69, 9.17) is 13.8 Å². The fraction of sp³-hybridized carbons (Fsp3) is 0.381. The summed E-state index contributed by atoms with van der Waals surface area (Å²) in [4.78, 5) is 14.8. The fourth-order valence-corrected chi connectivity index (χ4v) is 3.46. The van der Waals surface area contributed by atoms with Crippen LogP contribution in [0.25, 0.3) is 11.3 Å². The van der Waals surface area contributed by atoms with Gasteiger partial charge in [0.05, 0.1) is 13.2 Å². The molecular weight excluding hydrogens is 358 g/mol. The molecule has 7 nitrogen and oxygen atoms in total. The number of carbonyl (C=O) groups excluding carboxylic acids is 1. The van der Waals surface area contributed by atoms with Crippen molar-refractivity contribution in [3.63, 3.8) is 0 Å². The van der Waals surface area contributed by atoms with Gasteiger partial charge in [-0.3, -0.25) is 4.79 Å². The number of carbonyl (C=O) groups is 1. The van der Waals surface area contributed by atoms with Gasteiger partial charge >= 0.3 is 0 Å². The minimum atomic E-state index is -0.153. The maximum absolute atomic E-state index is 13.0. The van der Waals surface area contributed by atoms with Crippen LogP contribution in [0.15, 0.2) is 45.4 Å². The third-order valence-electron chi connectivity index (χ3n) is 5.07. The second-order valence-electron chi connectivity index (χ2n) is 7.27. The summed E-state index contributed by atoms with van der Waals surface area (Å²) < 4.78 is 16.0. The predicted octanol–water partition coefficient (Wildman–Crippen LogP) is 4.44. The van der Waals surface area contributed by atoms with Crippen molar-refractivity contribution in [2.75, 3.05) is 13.7 Å². The molecule has 4 rings (SSSR count). The Morgan fingerprint density at radius 3 is 2.64 bits per heavy atom. The van der Waals surface area contributed by atoms with Crippen molar-refractivity contribution in [1.29, 1.82) is 0 Å². The Kier molecular flexibility index (Phi) is 4.90. The molecule has 2 aromatic heterocycles. The number of hydrogen-bond acceptors (Lipinski definition) is 6. The summed E-state index contributed by atoms with van der Waals surface area (Å²) in [6, 6.07) is 11.0. The molecule has 3 aromatic rings. The van der Waals surface area contributed by atoms with Crippen molar-refractivity contribution in [3.05, 3.63) is 53.5 Å². The monoisotopic (exact) mass is 381 g/mol. The summed E-state index contributed by atoms with van der Waals surface area (Å²) in [5, 5.41) is 8.19. The normalized spacial score (nSPS) is 16.7. The van der Waals surface area contributed by atoms with Crippen LogP contribution in [0.3, 0.4) is 0 Å². The van der Waals surface area contributed by atoms with Crippen LogP contribution in [0.1, 0.15) is 60.6 Å². The number of hydrogen-bond donors (Lipinski definition) is 0. The van der Waals surface area contributed by atoms with Gasteiger partial charge in [0.2, 0.25) is 0 Å². The number of amides is 1. The van der Waals surface area contributed by atoms with Gasteiger partial charge in [0.25, 0.3) is 5.91 Å². The molecule has 1 fully saturated rings. The highest BCUT2D eigenvalue weighted by Gasteiger charge is 2.34. The molecule has 1 amide bonds. The van der Waals surface area contributed by atoms with Crippen LogP contribution in [0, 0.1) is 0 Å². The predicted molar refractivity (Wildman–Crippen MR) is 102 cm³/mol. The summed E-state index contributed by atoms with van der Waals surface area (Å²) in [7, 11) is 1.62. The highest BCUT2D eigenvalue weighted by atomic mass is 16.5. The molecule has 0 N–H and O–H groups in total. The van der Waals surface area contributed by atoms with E-state index in [1.165, 1.54) is 0 Å². The Balaban J connectivity index is 1.54. The third-order valence-corrected chi connectivity index (χ3v) is 5.07. The molecule has 3 heterocycles. The van der Waals surface area contributed by atoms with Gasteiger partial charge in [-0.25, -0.2) is 0 Å². The van der Waals surface area contributed by atoms with Gasteiger partial charge in [0, 0.05) is 30.2 Å². The van der Waals surface area contributed by atoms with Crippen LogP contribution in [-0.2, 0) is 0 Å². The van der Waals surface area contributed by atoms with E-state index >= 15 is 0 Å². The number of aromatic nitrogens is 2. The second-order valence-corrected chi connectivity index (χ2v) is 7.27. The van der Waals surface area contributed by atoms with Crippen molar-refractivity contribution in [2.24, 2.45) is 0 Å². The largest absolute Gasteiger partial charge is 0.497 e. The molecule has 0 aliphatic carbocycles. The molecule has 0 saturated carbocycles. The van der Waals surface area contributed by atoms with Crippen molar-refractivity contribution < 1.29 is 18.6 Å². The topological polar surface area (TPSA) is 81.6 Å². The maximum Gasteiger partial charge on any atom is 0.276 e. The van der Waals surface area contributed by atoms with Crippen molar-refractivity contribution in [1.82, 2.24) is 15.2 Å². The SMILES string of the molecule is COc1ccc(-c2cc(C(=O)N3CCCC3c3cc(C(C)C)on3)no2)cc1. The van der Waals surface area contributed by atoms with Crippen molar-refractivity contribution >= 4 is 5.91 Å². The average molecular weight is 381 g/mol. The lowest BCUT2D eigenvalue weighted by Gasteiger charge is -2.21. The van der Waals surface area contributed by atoms with Gasteiger partial charge < -0.3 is 18.7 Å². The summed E-state index contributed by atoms with van der Waals surface area (Å²) in [5.74, 6) is 2.24. The average Bonchev–Trinajstić information content (AvgIpc) is 3.47. The number of nitrogens with zero attached hydrogens (tertiary/aromatic N) is 3. The Bertz CT molecular complexity index is 958. The van der Waals surface area contributed by atoms with Crippen LogP contribution in [-0.4, -0.2) is 34.8 Å². The molecular formula is C21H23N3O4. The second kappa shape index (κ2) is 7.50. The first-order valence-electron chi connectivity index (χ1n) is 9.45. The lowest BCUT2D eigenvalue weighted by Crippen LogP contribution is -2.30. The summed E-state index contributed by atoms with van der Waals surface area (Å²) in [5.41, 5.74) is 1.93. The lowest BCUT2D eigenvalue weighted by atomic mass is 10.1. The van der Waals surface area contributed by atoms with E-state index in [2.05, 4.69) is 24.2 Å². The zero-order chi connectivity index (χ0) is 19.7. The number of methoxy groups -OCH3 is 1. The smallest absolute Gasteiger partial charge is 0.276 e. The zero-order valence-corrected chi connectivity index (χ0v) is 16.2. The number of benzene rings is 1. The van der Waals surface area contributed by atoms with E-state index in [1.807, 2.05) is 30.3 Å². The first-order valence-corrected chi connectivity index (χ1v) is 9.45. The minimum absolute atomic E-state index is 0.0927. The molecule has 0 radical (unpaired) electrons. The van der Waals surface area contributed by atoms with Crippen molar-refractivity contribution in [2.45, 2.75) is 38.6 Å². The molecule has 0 spiro atoms. The van der Waals surface area contributed by atoms with E-state index in [1.54, 1.807) is 18.1 Å². The number of likely N-dealkylation sites (tertiary alicyclic amines) is 1. The van der Waals surface area contributed by atoms with Crippen LogP contribution >= 0.6 is 0 Å². The minimum Gasteiger partial charge on any atom is -0.497 e. The molecule has 7 heteroatoms. The first kappa shape index (κ1) is 18.3. The van der Waals surface area contributed by atoms with E-state index in [9.17, 15) is 4.79 Å². The highest BCUT2D eigenvalue weighted by molar-refractivity contribution is 5.93. The van der Waals surface area contributed by atoms with Gasteiger partial charge in [0.15, 0.2) is 11.5 Å². The van der Waals surface area contributed by atoms with Crippen LogP contribution in [0.2, 0.25) is 0 Å². The summed E-state index contributed by atoms with van der Waals surface area (Å²) >= 11 is 0. The Hall–Kier alpha value is -3.09. The fourth-order valence-electron chi connectivity index (χ4n) is 3.46. The molecule has 1 aliphatic rings. The molecule has 28 heavy (non-hydrogen) atoms. The van der Waals surface area contributed by atoms with Crippen LogP contribution < -0.4 is 4.74 Å². The van der Waals surface area contributed by atoms with Gasteiger partial charge in [-0.1, -0.05) is 24.2 Å². The van der Waals surface area contributed by atoms with Gasteiger partial charge in [0.1, 0.15) is 17.2 Å². The summed E-state index contributed by atoms with van der Waals surface area (Å²) in [6.07, 6.45) is 1.78. The molecule has 1 saturated heterocycles. The number of ether oxygens (including phenoxy) is 1. The van der Waals surface area contributed by atoms with Crippen LogP contribution in [0.5, 0.6) is 5.75 Å². The van der Waals surface area contributed by atoms with Crippen LogP contribution in [0.4, 0.5) is 0 Å². The molecule has 1 aromatic carbocycles. The summed E-state index contributed by atoms with van der Waals surface area (Å²) in [6.45, 7) is 4.77. The standard InChI is InChI=1S/C21H23N3O4/c1-13(2)19-11-16(22-27-19)18-5-4-10-24(18)21(25)17-12-20(28-23-17)14-6-8-15(26-3)9-7-14/h6-9,11-13,18H,4-5,10H2,1-3H3. The number of rotatable bonds is 5. The van der Waals surface area contributed by atoms with Gasteiger partial charge in [-0.15, -0.1) is 0 Å². The lowest BCUT2D eigenvalue weighted by molar-refractivity contribution is 0.0720. The quantitative estimate of drug-likeness (QED) is 0.650. The van der Waals surface area contributed by atoms with Gasteiger partial charge in [-0.05, 0) is 37.1 Å². The van der Waals surface area contributed by atoms with Gasteiger partial charge in [-0.2, -0.15) is 0 Å². The molecule has 146 valence electrons.